The molecule has 0 saturated carbocycles. The first kappa shape index (κ1) is 16.2. The lowest BCUT2D eigenvalue weighted by atomic mass is 10.1. The second-order valence-corrected chi connectivity index (χ2v) is 5.82. The highest BCUT2D eigenvalue weighted by molar-refractivity contribution is 7.95. The van der Waals surface area contributed by atoms with Gasteiger partial charge in [0.2, 0.25) is 0 Å². The van der Waals surface area contributed by atoms with E-state index >= 15 is 0 Å². The zero-order valence-electron chi connectivity index (χ0n) is 10.1. The van der Waals surface area contributed by atoms with Crippen molar-refractivity contribution in [2.45, 2.75) is 18.7 Å². The summed E-state index contributed by atoms with van der Waals surface area (Å²) in [4.78, 5) is 1.32. The fourth-order valence-electron chi connectivity index (χ4n) is 1.15. The molecule has 0 spiro atoms. The smallest absolute Gasteiger partial charge is 0.507 e. The summed E-state index contributed by atoms with van der Waals surface area (Å²) in [6, 6.07) is 4.12. The van der Waals surface area contributed by atoms with Crippen LogP contribution in [0.25, 0.3) is 0 Å². The Kier molecular flexibility index (Phi) is 5.88. The zero-order chi connectivity index (χ0) is 13.8. The van der Waals surface area contributed by atoms with Crippen LogP contribution in [0, 0.1) is 13.8 Å². The molecule has 0 atom stereocenters. The van der Waals surface area contributed by atoms with Crippen LogP contribution in [0.15, 0.2) is 17.0 Å². The van der Waals surface area contributed by atoms with Gasteiger partial charge in [-0.2, -0.15) is 0 Å². The van der Waals surface area contributed by atoms with E-state index in [0.717, 1.165) is 11.1 Å². The molecule has 98 valence electrons. The third kappa shape index (κ3) is 7.15. The number of rotatable bonds is 1. The molecule has 0 unspecified atom stereocenters. The topological polar surface area (TPSA) is 20.2 Å². The highest BCUT2D eigenvalue weighted by Gasteiger charge is 2.20. The summed E-state index contributed by atoms with van der Waals surface area (Å²) in [6.45, 7) is 3.89. The fourth-order valence-corrected chi connectivity index (χ4v) is 1.98. The van der Waals surface area contributed by atoms with Crippen molar-refractivity contribution in [3.8, 4) is 5.75 Å². The van der Waals surface area contributed by atoms with Crippen molar-refractivity contribution in [1.82, 2.24) is 0 Å². The number of hydrogen-bond donors (Lipinski definition) is 1. The van der Waals surface area contributed by atoms with Gasteiger partial charge >= 0.3 is 7.25 Å². The minimum absolute atomic E-state index is 0.281. The second-order valence-electron chi connectivity index (χ2n) is 3.72. The molecule has 1 aromatic carbocycles. The van der Waals surface area contributed by atoms with E-state index in [1.165, 1.54) is 4.90 Å². The van der Waals surface area contributed by atoms with Crippen molar-refractivity contribution >= 4 is 18.1 Å². The molecule has 0 aliphatic heterocycles. The molecule has 0 aliphatic carbocycles. The van der Waals surface area contributed by atoms with Gasteiger partial charge in [0.1, 0.15) is 18.3 Å². The molecule has 0 heterocycles. The van der Waals surface area contributed by atoms with Crippen molar-refractivity contribution in [2.75, 3.05) is 12.5 Å². The predicted octanol–water partition coefficient (Wildman–Crippen LogP) is 3.55. The first-order valence-corrected chi connectivity index (χ1v) is 6.81. The van der Waals surface area contributed by atoms with Crippen molar-refractivity contribution in [2.24, 2.45) is 0 Å². The van der Waals surface area contributed by atoms with Crippen molar-refractivity contribution in [1.29, 1.82) is 0 Å². The fraction of sp³-hybridized carbons (Fsp3) is 0.400. The Morgan fingerprint density at radius 2 is 1.29 bits per heavy atom. The molecule has 0 aliphatic rings. The van der Waals surface area contributed by atoms with E-state index < -0.39 is 7.25 Å². The van der Waals surface area contributed by atoms with E-state index in [2.05, 4.69) is 24.6 Å². The number of phenolic OH excluding ortho intramolecular Hbond substituents is 1. The van der Waals surface area contributed by atoms with Gasteiger partial charge in [-0.15, -0.1) is 0 Å². The number of aromatic hydroxyl groups is 1. The van der Waals surface area contributed by atoms with Gasteiger partial charge in [-0.05, 0) is 37.1 Å². The van der Waals surface area contributed by atoms with Gasteiger partial charge in [0.05, 0.1) is 0 Å². The molecule has 0 bridgehead atoms. The summed E-state index contributed by atoms with van der Waals surface area (Å²) in [5.74, 6) is 0.434. The van der Waals surface area contributed by atoms with Crippen LogP contribution >= 0.6 is 0 Å². The molecular formula is C10H15BF4OS. The maximum Gasteiger partial charge on any atom is 0.673 e. The minimum atomic E-state index is -6.00. The third-order valence-corrected chi connectivity index (χ3v) is 3.11. The summed E-state index contributed by atoms with van der Waals surface area (Å²) < 4.78 is 39.0. The molecule has 0 aromatic heterocycles. The highest BCUT2D eigenvalue weighted by Crippen LogP contribution is 2.25. The largest absolute Gasteiger partial charge is 0.673 e. The summed E-state index contributed by atoms with van der Waals surface area (Å²) >= 11 is 0. The first-order valence-electron chi connectivity index (χ1n) is 4.77. The molecule has 0 saturated heterocycles. The highest BCUT2D eigenvalue weighted by atomic mass is 32.2. The van der Waals surface area contributed by atoms with E-state index in [1.54, 1.807) is 0 Å². The van der Waals surface area contributed by atoms with Gasteiger partial charge in [-0.3, -0.25) is 0 Å². The van der Waals surface area contributed by atoms with Crippen LogP contribution < -0.4 is 0 Å². The lowest BCUT2D eigenvalue weighted by Gasteiger charge is -2.04. The molecule has 1 aromatic rings. The monoisotopic (exact) mass is 270 g/mol. The molecule has 17 heavy (non-hydrogen) atoms. The average Bonchev–Trinajstić information content (AvgIpc) is 2.10. The zero-order valence-corrected chi connectivity index (χ0v) is 10.9. The van der Waals surface area contributed by atoms with Gasteiger partial charge in [0.25, 0.3) is 0 Å². The molecule has 0 amide bonds. The number of aryl methyl sites for hydroxylation is 2. The first-order chi connectivity index (χ1) is 7.52. The van der Waals surface area contributed by atoms with E-state index in [0.29, 0.717) is 5.75 Å². The molecule has 1 nitrogen and oxygen atoms in total. The van der Waals surface area contributed by atoms with Crippen molar-refractivity contribution in [3.05, 3.63) is 23.3 Å². The lowest BCUT2D eigenvalue weighted by Crippen LogP contribution is -2.02. The van der Waals surface area contributed by atoms with Crippen molar-refractivity contribution < 1.29 is 22.4 Å². The molecule has 1 rings (SSSR count). The number of halogens is 4. The predicted molar refractivity (Wildman–Crippen MR) is 65.2 cm³/mol. The number of benzene rings is 1. The van der Waals surface area contributed by atoms with E-state index in [-0.39, 0.29) is 10.9 Å². The standard InChI is InChI=1S/C10H14OS.BF4/c1-7-5-9(12(3)4)6-8(2)10(7)11;2-1(3,4)5/h5-6H,1-4H3;/q;-1/p+1. The Bertz CT molecular complexity index is 350. The van der Waals surface area contributed by atoms with Crippen LogP contribution in [0.5, 0.6) is 5.75 Å². The lowest BCUT2D eigenvalue weighted by molar-refractivity contribution is 0.368. The maximum absolute atomic E-state index is 9.75. The second kappa shape index (κ2) is 6.19. The quantitative estimate of drug-likeness (QED) is 0.470. The van der Waals surface area contributed by atoms with Crippen LogP contribution in [0.3, 0.4) is 0 Å². The third-order valence-electron chi connectivity index (χ3n) is 1.94. The Labute approximate surface area is 101 Å². The molecule has 1 N–H and O–H groups in total. The van der Waals surface area contributed by atoms with E-state index in [4.69, 9.17) is 0 Å². The van der Waals surface area contributed by atoms with Gasteiger partial charge in [-0.25, -0.2) is 0 Å². The van der Waals surface area contributed by atoms with Gasteiger partial charge < -0.3 is 22.4 Å². The van der Waals surface area contributed by atoms with Crippen LogP contribution in [-0.2, 0) is 10.9 Å². The molecule has 7 heteroatoms. The van der Waals surface area contributed by atoms with E-state index in [1.807, 2.05) is 13.8 Å². The molecule has 0 radical (unpaired) electrons. The Morgan fingerprint density at radius 1 is 1.00 bits per heavy atom. The Morgan fingerprint density at radius 3 is 1.53 bits per heavy atom. The van der Waals surface area contributed by atoms with Crippen LogP contribution in [0.2, 0.25) is 0 Å². The van der Waals surface area contributed by atoms with Gasteiger partial charge in [0.15, 0.2) is 4.90 Å². The van der Waals surface area contributed by atoms with E-state index in [9.17, 15) is 22.4 Å². The summed E-state index contributed by atoms with van der Waals surface area (Å²) in [5, 5.41) is 9.52. The summed E-state index contributed by atoms with van der Waals surface area (Å²) in [5.41, 5.74) is 1.96. The summed E-state index contributed by atoms with van der Waals surface area (Å²) in [6.07, 6.45) is 4.37. The average molecular weight is 270 g/mol. The van der Waals surface area contributed by atoms with Gasteiger partial charge in [-0.1, -0.05) is 0 Å². The Balaban J connectivity index is 0.000000437. The van der Waals surface area contributed by atoms with Crippen LogP contribution in [0.1, 0.15) is 11.1 Å². The molecule has 0 fully saturated rings. The number of phenols is 1. The Hall–Kier alpha value is -0.845. The molecular weight excluding hydrogens is 255 g/mol. The minimum Gasteiger partial charge on any atom is -0.507 e. The van der Waals surface area contributed by atoms with Gasteiger partial charge in [0, 0.05) is 10.9 Å². The maximum atomic E-state index is 9.75. The van der Waals surface area contributed by atoms with Crippen LogP contribution in [0.4, 0.5) is 17.3 Å². The van der Waals surface area contributed by atoms with Crippen LogP contribution in [-0.4, -0.2) is 24.9 Å². The SMILES string of the molecule is Cc1cc([S+](C)C)cc(C)c1O.F[B-](F)(F)F. The normalized spacial score (nSPS) is 11.1. The van der Waals surface area contributed by atoms with Crippen molar-refractivity contribution in [3.63, 3.8) is 0 Å². The number of hydrogen-bond acceptors (Lipinski definition) is 1. The summed E-state index contributed by atoms with van der Waals surface area (Å²) in [7, 11) is -5.72.